The van der Waals surface area contributed by atoms with Crippen LogP contribution < -0.4 is 21.3 Å². The van der Waals surface area contributed by atoms with Crippen LogP contribution in [-0.4, -0.2) is 118 Å². The normalized spacial score (nSPS) is 23.3. The molecule has 0 bridgehead atoms. The van der Waals surface area contributed by atoms with Gasteiger partial charge in [-0.3, -0.25) is 33.7 Å². The number of ketones is 1. The van der Waals surface area contributed by atoms with E-state index in [1.807, 2.05) is 72.7 Å². The lowest BCUT2D eigenvalue weighted by Gasteiger charge is -2.43. The summed E-state index contributed by atoms with van der Waals surface area (Å²) in [6, 6.07) is 3.03. The number of urea groups is 1. The van der Waals surface area contributed by atoms with E-state index in [0.717, 1.165) is 43.2 Å². The number of nitrogens with one attached hydrogen (secondary N) is 4. The first-order valence-corrected chi connectivity index (χ1v) is 23.6. The molecule has 1 unspecified atom stereocenters. The van der Waals surface area contributed by atoms with Crippen LogP contribution in [-0.2, 0) is 46.5 Å². The van der Waals surface area contributed by atoms with Gasteiger partial charge in [0.1, 0.15) is 18.2 Å². The zero-order valence-corrected chi connectivity index (χ0v) is 39.0. The first-order valence-electron chi connectivity index (χ1n) is 23.6. The molecule has 4 N–H and O–H groups in total. The van der Waals surface area contributed by atoms with Crippen LogP contribution in [0.3, 0.4) is 0 Å². The SMILES string of the molecule is CCCCC(NC(=O)[C@@H]1C[C@@H](OC(=O)N2CCc3ccccc3C2)CN1C(=O)[C@@H](NC(=O)N[C@H](CN1C(=O)CC(C)(C)CC1=O)C(C)(C)C)C1(C)CCCCC1)C(=O)C(=O)NC1CC1. The summed E-state index contributed by atoms with van der Waals surface area (Å²) in [6.45, 7) is 14.0. The third-order valence-electron chi connectivity index (χ3n) is 13.9. The molecule has 0 radical (unpaired) electrons. The van der Waals surface area contributed by atoms with E-state index in [1.54, 1.807) is 4.90 Å². The van der Waals surface area contributed by atoms with E-state index in [-0.39, 0.29) is 56.6 Å². The minimum Gasteiger partial charge on any atom is -0.444 e. The molecule has 64 heavy (non-hydrogen) atoms. The number of carbonyl (C=O) groups excluding carboxylic acids is 8. The third kappa shape index (κ3) is 12.0. The molecule has 16 nitrogen and oxygen atoms in total. The van der Waals surface area contributed by atoms with Gasteiger partial charge < -0.3 is 35.8 Å². The Kier molecular flexibility index (Phi) is 15.1. The maximum absolute atomic E-state index is 15.3. The van der Waals surface area contributed by atoms with Crippen molar-refractivity contribution in [3.63, 3.8) is 0 Å². The van der Waals surface area contributed by atoms with Crippen LogP contribution in [0.15, 0.2) is 24.3 Å². The topological polar surface area (TPSA) is 204 Å². The Bertz CT molecular complexity index is 1930. The fourth-order valence-electron chi connectivity index (χ4n) is 9.64. The first-order chi connectivity index (χ1) is 30.2. The number of nitrogens with zero attached hydrogens (tertiary/aromatic N) is 3. The lowest BCUT2D eigenvalue weighted by Crippen LogP contribution is -2.63. The van der Waals surface area contributed by atoms with Crippen LogP contribution in [0, 0.1) is 16.2 Å². The summed E-state index contributed by atoms with van der Waals surface area (Å²) in [7, 11) is 0. The molecule has 5 atom stereocenters. The van der Waals surface area contributed by atoms with Gasteiger partial charge in [-0.1, -0.05) is 105 Å². The Labute approximate surface area is 378 Å². The number of rotatable bonds is 15. The second-order valence-corrected chi connectivity index (χ2v) is 21.1. The lowest BCUT2D eigenvalue weighted by molar-refractivity contribution is -0.153. The van der Waals surface area contributed by atoms with Crippen LogP contribution in [0.25, 0.3) is 0 Å². The highest BCUT2D eigenvalue weighted by atomic mass is 16.6. The largest absolute Gasteiger partial charge is 0.444 e. The van der Waals surface area contributed by atoms with Crippen LogP contribution >= 0.6 is 0 Å². The van der Waals surface area contributed by atoms with Gasteiger partial charge >= 0.3 is 12.1 Å². The van der Waals surface area contributed by atoms with E-state index >= 15 is 4.79 Å². The summed E-state index contributed by atoms with van der Waals surface area (Å²) in [4.78, 5) is 115. The Morgan fingerprint density at radius 3 is 2.17 bits per heavy atom. The third-order valence-corrected chi connectivity index (χ3v) is 13.9. The number of hydrogen-bond donors (Lipinski definition) is 4. The molecule has 16 heteroatoms. The minimum absolute atomic E-state index is 0.0405. The molecule has 0 spiro atoms. The smallest absolute Gasteiger partial charge is 0.410 e. The van der Waals surface area contributed by atoms with Crippen molar-refractivity contribution in [1.29, 1.82) is 0 Å². The molecule has 2 aliphatic carbocycles. The molecule has 1 aromatic rings. The average Bonchev–Trinajstić information content (AvgIpc) is 3.95. The Balaban J connectivity index is 1.25. The number of likely N-dealkylation sites (tertiary alicyclic amines) is 2. The summed E-state index contributed by atoms with van der Waals surface area (Å²) in [5, 5.41) is 11.5. The van der Waals surface area contributed by atoms with Gasteiger partial charge in [-0.2, -0.15) is 0 Å². The summed E-state index contributed by atoms with van der Waals surface area (Å²) in [5.74, 6) is -3.32. The Hall–Kier alpha value is -5.02. The number of piperidine rings is 1. The molecule has 6 rings (SSSR count). The summed E-state index contributed by atoms with van der Waals surface area (Å²) in [6.07, 6.45) is 6.41. The van der Waals surface area contributed by atoms with Crippen molar-refractivity contribution in [2.75, 3.05) is 19.6 Å². The molecule has 352 valence electrons. The number of ether oxygens (including phenoxy) is 1. The molecule has 1 aromatic carbocycles. The van der Waals surface area contributed by atoms with Crippen LogP contribution in [0.1, 0.15) is 143 Å². The molecule has 3 aliphatic heterocycles. The molecule has 3 heterocycles. The quantitative estimate of drug-likeness (QED) is 0.140. The Morgan fingerprint density at radius 2 is 1.55 bits per heavy atom. The highest BCUT2D eigenvalue weighted by Gasteiger charge is 2.50. The van der Waals surface area contributed by atoms with Crippen LogP contribution in [0.5, 0.6) is 0 Å². The highest BCUT2D eigenvalue weighted by Crippen LogP contribution is 2.41. The highest BCUT2D eigenvalue weighted by molar-refractivity contribution is 6.38. The average molecular weight is 890 g/mol. The van der Waals surface area contributed by atoms with Crippen molar-refractivity contribution in [3.05, 3.63) is 35.4 Å². The summed E-state index contributed by atoms with van der Waals surface area (Å²) < 4.78 is 6.08. The zero-order chi connectivity index (χ0) is 46.6. The van der Waals surface area contributed by atoms with E-state index in [0.29, 0.717) is 45.2 Å². The van der Waals surface area contributed by atoms with Gasteiger partial charge in [-0.05, 0) is 65.9 Å². The van der Waals surface area contributed by atoms with Gasteiger partial charge in [0, 0.05) is 44.9 Å². The summed E-state index contributed by atoms with van der Waals surface area (Å²) in [5.41, 5.74) is 0.370. The van der Waals surface area contributed by atoms with Gasteiger partial charge in [-0.25, -0.2) is 9.59 Å². The number of fused-ring (bicyclic) bond motifs is 1. The zero-order valence-electron chi connectivity index (χ0n) is 39.0. The number of carbonyl (C=O) groups is 8. The number of unbranched alkanes of at least 4 members (excludes halogenated alkanes) is 1. The maximum Gasteiger partial charge on any atom is 0.410 e. The molecule has 0 aromatic heterocycles. The van der Waals surface area contributed by atoms with E-state index in [4.69, 9.17) is 4.74 Å². The van der Waals surface area contributed by atoms with Crippen molar-refractivity contribution in [2.24, 2.45) is 16.2 Å². The number of Topliss-reactive ketones (excluding diaryl/α,β-unsaturated/α-hetero) is 1. The molecule has 8 amide bonds. The number of amides is 8. The van der Waals surface area contributed by atoms with Crippen molar-refractivity contribution in [3.8, 4) is 0 Å². The van der Waals surface area contributed by atoms with E-state index < -0.39 is 82.1 Å². The first kappa shape index (κ1) is 48.4. The fourth-order valence-corrected chi connectivity index (χ4v) is 9.64. The Morgan fingerprint density at radius 1 is 0.891 bits per heavy atom. The van der Waals surface area contributed by atoms with Crippen molar-refractivity contribution >= 4 is 47.4 Å². The molecule has 4 fully saturated rings. The minimum atomic E-state index is -1.20. The van der Waals surface area contributed by atoms with Crippen molar-refractivity contribution < 1.29 is 43.1 Å². The molecular formula is C48H71N7O9. The predicted molar refractivity (Wildman–Crippen MR) is 238 cm³/mol. The van der Waals surface area contributed by atoms with Gasteiger partial charge in [0.2, 0.25) is 29.4 Å². The second-order valence-electron chi connectivity index (χ2n) is 21.1. The van der Waals surface area contributed by atoms with Crippen molar-refractivity contribution in [1.82, 2.24) is 36.0 Å². The van der Waals surface area contributed by atoms with Crippen LogP contribution in [0.4, 0.5) is 9.59 Å². The van der Waals surface area contributed by atoms with Gasteiger partial charge in [0.15, 0.2) is 0 Å². The molecular weight excluding hydrogens is 819 g/mol. The molecule has 5 aliphatic rings. The van der Waals surface area contributed by atoms with E-state index in [9.17, 15) is 33.6 Å². The molecule has 2 saturated carbocycles. The monoisotopic (exact) mass is 890 g/mol. The predicted octanol–water partition coefficient (Wildman–Crippen LogP) is 4.90. The fraction of sp³-hybridized carbons (Fsp3) is 0.708. The lowest BCUT2D eigenvalue weighted by atomic mass is 9.70. The van der Waals surface area contributed by atoms with Gasteiger partial charge in [0.05, 0.1) is 18.6 Å². The maximum atomic E-state index is 15.3. The molecule has 2 saturated heterocycles. The van der Waals surface area contributed by atoms with Gasteiger partial charge in [0.25, 0.3) is 5.91 Å². The van der Waals surface area contributed by atoms with E-state index in [1.165, 1.54) is 9.80 Å². The summed E-state index contributed by atoms with van der Waals surface area (Å²) >= 11 is 0. The van der Waals surface area contributed by atoms with Gasteiger partial charge in [-0.15, -0.1) is 0 Å². The second kappa shape index (κ2) is 20.0. The standard InChI is InChI=1S/C48H71N7O9/c1-8-9-17-34(39(58)42(60)49-32-18-19-32)50-41(59)35-24-33(64-45(63)53-23-20-30-15-11-12-16-31(30)27-53)28-54(35)43(61)40(48(7)21-13-10-14-22-48)52-44(62)51-36(46(2,3)4)29-55-37(56)25-47(5,6)26-38(55)57/h11-12,15-16,32-36,40H,8-10,13-14,17-29H2,1-7H3,(H,49,60)(H,50,59)(H2,51,52,62)/t33-,34?,35+,36-,40-/m1/s1. The number of hydrogen-bond acceptors (Lipinski definition) is 9. The number of benzene rings is 1. The van der Waals surface area contributed by atoms with Crippen LogP contribution in [0.2, 0.25) is 0 Å². The number of imide groups is 1. The van der Waals surface area contributed by atoms with Crippen molar-refractivity contribution in [2.45, 2.75) is 181 Å². The van der Waals surface area contributed by atoms with E-state index in [2.05, 4.69) is 21.3 Å².